The smallest absolute Gasteiger partial charge is 0.253 e. The van der Waals surface area contributed by atoms with E-state index in [4.69, 9.17) is 14.2 Å². The molecule has 0 saturated carbocycles. The average molecular weight is 493 g/mol. The van der Waals surface area contributed by atoms with Gasteiger partial charge in [-0.2, -0.15) is 0 Å². The van der Waals surface area contributed by atoms with Crippen LogP contribution in [0, 0.1) is 11.7 Å². The van der Waals surface area contributed by atoms with Crippen molar-refractivity contribution in [3.63, 3.8) is 0 Å². The molecule has 0 unspecified atom stereocenters. The summed E-state index contributed by atoms with van der Waals surface area (Å²) < 4.78 is 29.4. The van der Waals surface area contributed by atoms with Gasteiger partial charge in [-0.05, 0) is 60.2 Å². The Labute approximate surface area is 209 Å². The number of carbonyl (C=O) groups excluding carboxylic acids is 2. The predicted octanol–water partition coefficient (Wildman–Crippen LogP) is 4.02. The monoisotopic (exact) mass is 492 g/mol. The summed E-state index contributed by atoms with van der Waals surface area (Å²) in [6, 6.07) is 18.3. The Morgan fingerprint density at radius 3 is 2.19 bits per heavy atom. The van der Waals surface area contributed by atoms with Crippen LogP contribution >= 0.6 is 0 Å². The Morgan fingerprint density at radius 1 is 0.889 bits per heavy atom. The molecule has 36 heavy (non-hydrogen) atoms. The molecule has 0 radical (unpaired) electrons. The minimum Gasteiger partial charge on any atom is -0.497 e. The van der Waals surface area contributed by atoms with Crippen LogP contribution in [-0.2, 0) is 11.3 Å². The number of ether oxygens (including phenoxy) is 3. The van der Waals surface area contributed by atoms with Crippen LogP contribution in [0.25, 0.3) is 0 Å². The van der Waals surface area contributed by atoms with Crippen LogP contribution in [0.1, 0.15) is 27.4 Å². The first-order valence-corrected chi connectivity index (χ1v) is 11.6. The van der Waals surface area contributed by atoms with E-state index in [1.54, 1.807) is 74.8 Å². The van der Waals surface area contributed by atoms with Gasteiger partial charge in [0.25, 0.3) is 5.91 Å². The lowest BCUT2D eigenvalue weighted by molar-refractivity contribution is -0.125. The summed E-state index contributed by atoms with van der Waals surface area (Å²) >= 11 is 0. The van der Waals surface area contributed by atoms with E-state index >= 15 is 0 Å². The summed E-state index contributed by atoms with van der Waals surface area (Å²) in [7, 11) is 4.72. The van der Waals surface area contributed by atoms with Crippen molar-refractivity contribution in [2.45, 2.75) is 12.5 Å². The summed E-state index contributed by atoms with van der Waals surface area (Å²) in [5.74, 6) is 0.382. The van der Waals surface area contributed by atoms with Crippen molar-refractivity contribution in [1.82, 2.24) is 10.2 Å². The van der Waals surface area contributed by atoms with Gasteiger partial charge in [0.1, 0.15) is 23.1 Å². The van der Waals surface area contributed by atoms with E-state index < -0.39 is 5.92 Å². The highest BCUT2D eigenvalue weighted by atomic mass is 19.1. The second kappa shape index (κ2) is 11.1. The topological polar surface area (TPSA) is 77.1 Å². The molecule has 1 aliphatic heterocycles. The Morgan fingerprint density at radius 2 is 1.56 bits per heavy atom. The Hall–Kier alpha value is -4.07. The number of nitrogens with one attached hydrogen (secondary N) is 1. The normalized spacial score (nSPS) is 16.9. The van der Waals surface area contributed by atoms with E-state index in [1.807, 2.05) is 6.07 Å². The summed E-state index contributed by atoms with van der Waals surface area (Å²) in [5, 5.41) is 2.95. The fourth-order valence-electron chi connectivity index (χ4n) is 4.52. The number of benzene rings is 3. The van der Waals surface area contributed by atoms with E-state index in [0.717, 1.165) is 11.1 Å². The first kappa shape index (κ1) is 25.0. The average Bonchev–Trinajstić information content (AvgIpc) is 3.37. The van der Waals surface area contributed by atoms with Gasteiger partial charge in [0.15, 0.2) is 0 Å². The van der Waals surface area contributed by atoms with Crippen molar-refractivity contribution in [1.29, 1.82) is 0 Å². The predicted molar refractivity (Wildman–Crippen MR) is 133 cm³/mol. The Kier molecular flexibility index (Phi) is 7.73. The second-order valence-electron chi connectivity index (χ2n) is 8.60. The van der Waals surface area contributed by atoms with Crippen LogP contribution in [0.15, 0.2) is 66.7 Å². The van der Waals surface area contributed by atoms with E-state index in [1.165, 1.54) is 12.1 Å². The van der Waals surface area contributed by atoms with Gasteiger partial charge in [0.2, 0.25) is 5.91 Å². The van der Waals surface area contributed by atoms with Crippen molar-refractivity contribution in [2.75, 3.05) is 34.4 Å². The Balaban J connectivity index is 1.61. The number of rotatable bonds is 8. The van der Waals surface area contributed by atoms with Gasteiger partial charge in [-0.15, -0.1) is 0 Å². The molecule has 3 aromatic carbocycles. The van der Waals surface area contributed by atoms with Crippen molar-refractivity contribution in [3.8, 4) is 17.2 Å². The maximum atomic E-state index is 13.4. The lowest BCUT2D eigenvalue weighted by Gasteiger charge is -2.21. The van der Waals surface area contributed by atoms with Crippen LogP contribution in [0.4, 0.5) is 4.39 Å². The molecule has 0 bridgehead atoms. The van der Waals surface area contributed by atoms with E-state index in [0.29, 0.717) is 29.4 Å². The largest absolute Gasteiger partial charge is 0.497 e. The molecule has 8 heteroatoms. The molecule has 1 fully saturated rings. The number of methoxy groups -OCH3 is 3. The van der Waals surface area contributed by atoms with Gasteiger partial charge >= 0.3 is 0 Å². The molecule has 7 nitrogen and oxygen atoms in total. The second-order valence-corrected chi connectivity index (χ2v) is 8.60. The third kappa shape index (κ3) is 5.43. The molecule has 0 aromatic heterocycles. The molecule has 1 heterocycles. The van der Waals surface area contributed by atoms with Crippen LogP contribution < -0.4 is 19.5 Å². The highest BCUT2D eigenvalue weighted by Gasteiger charge is 2.42. The first-order valence-electron chi connectivity index (χ1n) is 11.6. The standard InChI is InChI=1S/C28H29FN2O5/c1-34-21-10-6-19(7-11-21)28(33)31-16-24(23-14-22(35-2)12-13-26(23)36-3)25(17-31)27(32)30-15-18-4-8-20(29)9-5-18/h4-14,24-25H,15-17H2,1-3H3,(H,30,32)/t24-,25-/m1/s1. The third-order valence-corrected chi connectivity index (χ3v) is 6.50. The SMILES string of the molecule is COc1ccc(C(=O)N2C[C@H](c3cc(OC)ccc3OC)[C@H](C(=O)NCc3ccc(F)cc3)C2)cc1. The highest BCUT2D eigenvalue weighted by Crippen LogP contribution is 2.40. The Bertz CT molecular complexity index is 1210. The zero-order chi connectivity index (χ0) is 25.7. The quantitative estimate of drug-likeness (QED) is 0.514. The number of hydrogen-bond acceptors (Lipinski definition) is 5. The molecule has 3 aromatic rings. The van der Waals surface area contributed by atoms with Gasteiger partial charge in [0.05, 0.1) is 27.2 Å². The van der Waals surface area contributed by atoms with Gasteiger partial charge in [-0.1, -0.05) is 12.1 Å². The summed E-state index contributed by atoms with van der Waals surface area (Å²) in [6.07, 6.45) is 0. The van der Waals surface area contributed by atoms with E-state index in [2.05, 4.69) is 5.32 Å². The van der Waals surface area contributed by atoms with Crippen LogP contribution in [0.3, 0.4) is 0 Å². The molecule has 2 amide bonds. The van der Waals surface area contributed by atoms with Crippen molar-refractivity contribution >= 4 is 11.8 Å². The number of hydrogen-bond donors (Lipinski definition) is 1. The summed E-state index contributed by atoms with van der Waals surface area (Å²) in [6.45, 7) is 0.832. The highest BCUT2D eigenvalue weighted by molar-refractivity contribution is 5.95. The van der Waals surface area contributed by atoms with E-state index in [-0.39, 0.29) is 36.6 Å². The maximum Gasteiger partial charge on any atom is 0.253 e. The number of nitrogens with zero attached hydrogens (tertiary/aromatic N) is 1. The molecular weight excluding hydrogens is 463 g/mol. The number of amides is 2. The van der Waals surface area contributed by atoms with Gasteiger partial charge in [-0.3, -0.25) is 9.59 Å². The molecule has 188 valence electrons. The molecule has 1 saturated heterocycles. The lowest BCUT2D eigenvalue weighted by atomic mass is 9.87. The van der Waals surface area contributed by atoms with Crippen molar-refractivity contribution in [2.24, 2.45) is 5.92 Å². The van der Waals surface area contributed by atoms with Crippen LogP contribution in [0.2, 0.25) is 0 Å². The fraction of sp³-hybridized carbons (Fsp3) is 0.286. The molecule has 2 atom stereocenters. The zero-order valence-corrected chi connectivity index (χ0v) is 20.5. The maximum absolute atomic E-state index is 13.4. The van der Waals surface area contributed by atoms with Crippen LogP contribution in [0.5, 0.6) is 17.2 Å². The van der Waals surface area contributed by atoms with Gasteiger partial charge < -0.3 is 24.4 Å². The molecule has 1 aliphatic rings. The summed E-state index contributed by atoms with van der Waals surface area (Å²) in [5.41, 5.74) is 2.09. The van der Waals surface area contributed by atoms with Crippen molar-refractivity contribution < 1.29 is 28.2 Å². The minimum atomic E-state index is -0.520. The van der Waals surface area contributed by atoms with Crippen molar-refractivity contribution in [3.05, 3.63) is 89.2 Å². The molecule has 1 N–H and O–H groups in total. The fourth-order valence-corrected chi connectivity index (χ4v) is 4.52. The third-order valence-electron chi connectivity index (χ3n) is 6.50. The minimum absolute atomic E-state index is 0.168. The zero-order valence-electron chi connectivity index (χ0n) is 20.5. The molecule has 0 spiro atoms. The lowest BCUT2D eigenvalue weighted by Crippen LogP contribution is -2.35. The van der Waals surface area contributed by atoms with Crippen LogP contribution in [-0.4, -0.2) is 51.1 Å². The number of halogens is 1. The van der Waals surface area contributed by atoms with Gasteiger partial charge in [-0.25, -0.2) is 4.39 Å². The summed E-state index contributed by atoms with van der Waals surface area (Å²) in [4.78, 5) is 28.4. The first-order chi connectivity index (χ1) is 17.4. The molecular formula is C28H29FN2O5. The molecule has 0 aliphatic carbocycles. The number of carbonyl (C=O) groups is 2. The number of likely N-dealkylation sites (tertiary alicyclic amines) is 1. The van der Waals surface area contributed by atoms with Gasteiger partial charge in [0, 0.05) is 36.7 Å². The molecule has 4 rings (SSSR count). The van der Waals surface area contributed by atoms with E-state index in [9.17, 15) is 14.0 Å².